The Morgan fingerprint density at radius 2 is 0.962 bits per heavy atom. The average molecular weight is 812 g/mol. The van der Waals surface area contributed by atoms with Crippen LogP contribution in [0.2, 0.25) is 0 Å². The Labute approximate surface area is 318 Å². The van der Waals surface area contributed by atoms with Crippen LogP contribution in [0.5, 0.6) is 0 Å². The van der Waals surface area contributed by atoms with Crippen molar-refractivity contribution in [2.24, 2.45) is 10.8 Å². The molecule has 2 aliphatic rings. The summed E-state index contributed by atoms with van der Waals surface area (Å²) < 4.78 is -1.89. The molecule has 4 nitrogen and oxygen atoms in total. The number of halogens is 2. The summed E-state index contributed by atoms with van der Waals surface area (Å²) in [6.45, 7) is 17.6. The van der Waals surface area contributed by atoms with Gasteiger partial charge in [-0.2, -0.15) is 0 Å². The van der Waals surface area contributed by atoms with E-state index in [1.165, 1.54) is 22.3 Å². The van der Waals surface area contributed by atoms with E-state index >= 15 is 0 Å². The summed E-state index contributed by atoms with van der Waals surface area (Å²) in [5.74, 6) is 0. The third-order valence-electron chi connectivity index (χ3n) is 11.4. The van der Waals surface area contributed by atoms with E-state index in [1.807, 2.05) is 0 Å². The van der Waals surface area contributed by atoms with Gasteiger partial charge in [-0.1, -0.05) is 0 Å². The molecule has 8 heteroatoms. The Kier molecular flexibility index (Phi) is 10.6. The van der Waals surface area contributed by atoms with Crippen molar-refractivity contribution in [3.63, 3.8) is 0 Å². The first-order chi connectivity index (χ1) is 24.6. The number of carbonyl (C=O) groups excluding carboxylic acids is 2. The molecule has 0 bridgehead atoms. The summed E-state index contributed by atoms with van der Waals surface area (Å²) in [5, 5.41) is 6.01. The molecule has 4 aromatic rings. The fourth-order valence-corrected chi connectivity index (χ4v) is 30.0. The van der Waals surface area contributed by atoms with Gasteiger partial charge in [0.1, 0.15) is 0 Å². The average Bonchev–Trinajstić information content (AvgIpc) is 3.73. The van der Waals surface area contributed by atoms with Gasteiger partial charge >= 0.3 is 321 Å². The molecule has 0 aliphatic heterocycles. The minimum atomic E-state index is -5.99. The molecular weight excluding hydrogens is 761 g/mol. The number of benzene rings is 4. The molecule has 2 unspecified atom stereocenters. The van der Waals surface area contributed by atoms with Crippen LogP contribution in [-0.2, 0) is 38.6 Å². The molecule has 0 saturated heterocycles. The van der Waals surface area contributed by atoms with Gasteiger partial charge in [0.2, 0.25) is 0 Å². The molecule has 0 saturated carbocycles. The van der Waals surface area contributed by atoms with E-state index in [2.05, 4.69) is 163 Å². The number of carbonyl (C=O) groups is 2. The van der Waals surface area contributed by atoms with Crippen molar-refractivity contribution in [1.82, 2.24) is 10.5 Å². The van der Waals surface area contributed by atoms with Crippen molar-refractivity contribution in [3.8, 4) is 22.3 Å². The van der Waals surface area contributed by atoms with Gasteiger partial charge in [-0.3, -0.25) is 0 Å². The number of hydrogen-bond donors (Lipinski definition) is 2. The first-order valence-electron chi connectivity index (χ1n) is 18.4. The van der Waals surface area contributed by atoms with E-state index in [0.717, 1.165) is 57.4 Å². The van der Waals surface area contributed by atoms with Crippen molar-refractivity contribution in [2.75, 3.05) is 0 Å². The monoisotopic (exact) mass is 809 g/mol. The summed E-state index contributed by atoms with van der Waals surface area (Å²) >= 11 is -5.99. The molecule has 269 valence electrons. The zero-order valence-electron chi connectivity index (χ0n) is 31.6. The maximum atomic E-state index is 12.6. The molecule has 6 rings (SSSR count). The predicted molar refractivity (Wildman–Crippen MR) is 219 cm³/mol. The standard InChI is InChI=1S/2C21H23.C2H3BN2O2.2ClH.Zr/c2*1-5-15-9-6-7-11-18(15)19-12-8-10-16-13-17(14-20(16)19)21(2,3)4;6-1-4-3-5-2-7;;;/h2*6-14H,5H2,1-4H3;1-2H,(H-,4,5,6,7);2*1H;/q;;;;;+1/p-1. The molecule has 0 fully saturated rings. The van der Waals surface area contributed by atoms with Crippen molar-refractivity contribution < 1.29 is 25.8 Å². The number of hydrogen-bond acceptors (Lipinski definition) is 2. The van der Waals surface area contributed by atoms with Gasteiger partial charge in [-0.25, -0.2) is 0 Å². The Morgan fingerprint density at radius 3 is 1.31 bits per heavy atom. The minimum absolute atomic E-state index is 0.355. The van der Waals surface area contributed by atoms with Crippen LogP contribution in [0.4, 0.5) is 0 Å². The number of amides is 2. The molecule has 4 aromatic carbocycles. The fraction of sp³-hybridized carbons (Fsp3) is 0.318. The van der Waals surface area contributed by atoms with Gasteiger partial charge in [0.05, 0.1) is 0 Å². The molecule has 2 amide bonds. The number of aryl methyl sites for hydroxylation is 2. The summed E-state index contributed by atoms with van der Waals surface area (Å²) in [6.07, 6.45) is 7.67. The summed E-state index contributed by atoms with van der Waals surface area (Å²) in [4.78, 5) is 25.2. The van der Waals surface area contributed by atoms with Gasteiger partial charge in [-0.15, -0.1) is 0 Å². The normalized spacial score (nSPS) is 17.6. The van der Waals surface area contributed by atoms with Crippen LogP contribution >= 0.6 is 17.0 Å². The van der Waals surface area contributed by atoms with Crippen molar-refractivity contribution in [1.29, 1.82) is 0 Å². The predicted octanol–water partition coefficient (Wildman–Crippen LogP) is 11.3. The first-order valence-corrected chi connectivity index (χ1v) is 29.0. The van der Waals surface area contributed by atoms with E-state index in [1.54, 1.807) is 0 Å². The van der Waals surface area contributed by atoms with Gasteiger partial charge in [-0.05, 0) is 0 Å². The van der Waals surface area contributed by atoms with Crippen molar-refractivity contribution in [3.05, 3.63) is 129 Å². The topological polar surface area (TPSA) is 58.2 Å². The van der Waals surface area contributed by atoms with Gasteiger partial charge in [0, 0.05) is 0 Å². The Morgan fingerprint density at radius 1 is 0.596 bits per heavy atom. The van der Waals surface area contributed by atoms with Crippen LogP contribution < -0.4 is 10.5 Å². The summed E-state index contributed by atoms with van der Waals surface area (Å²) in [6, 6.07) is 30.0. The van der Waals surface area contributed by atoms with E-state index in [4.69, 9.17) is 17.0 Å². The second-order valence-electron chi connectivity index (χ2n) is 16.4. The molecule has 0 aromatic heterocycles. The zero-order valence-corrected chi connectivity index (χ0v) is 35.6. The van der Waals surface area contributed by atoms with E-state index < -0.39 is 27.9 Å². The van der Waals surface area contributed by atoms with Gasteiger partial charge < -0.3 is 0 Å². The second-order valence-corrected chi connectivity index (χ2v) is 37.8. The molecular formula is C44H50BCl2N2O2Zr. The number of nitrogens with one attached hydrogen (secondary N) is 2. The summed E-state index contributed by atoms with van der Waals surface area (Å²) in [5.41, 5.74) is 12.9. The number of rotatable bonds is 11. The van der Waals surface area contributed by atoms with Gasteiger partial charge in [0.25, 0.3) is 0 Å². The molecule has 52 heavy (non-hydrogen) atoms. The molecule has 0 radical (unpaired) electrons. The second kappa shape index (κ2) is 14.2. The molecule has 2 aliphatic carbocycles. The quantitative estimate of drug-likeness (QED) is 0.117. The molecule has 0 heterocycles. The maximum absolute atomic E-state index is 12.6. The van der Waals surface area contributed by atoms with Crippen LogP contribution in [0.3, 0.4) is 0 Å². The zero-order chi connectivity index (χ0) is 37.7. The van der Waals surface area contributed by atoms with Crippen LogP contribution in [0.15, 0.2) is 96.1 Å². The third kappa shape index (κ3) is 6.31. The Balaban J connectivity index is 1.74. The number of fused-ring (bicyclic) bond motifs is 2. The van der Waals surface area contributed by atoms with Crippen molar-refractivity contribution >= 4 is 46.5 Å². The number of allylic oxidation sites excluding steroid dienone is 2. The van der Waals surface area contributed by atoms with Gasteiger partial charge in [0.15, 0.2) is 0 Å². The molecule has 0 spiro atoms. The van der Waals surface area contributed by atoms with Crippen LogP contribution in [0.1, 0.15) is 96.0 Å². The Bertz CT molecular complexity index is 1960. The first kappa shape index (κ1) is 38.5. The third-order valence-corrected chi connectivity index (χ3v) is 31.1. The van der Waals surface area contributed by atoms with Crippen molar-refractivity contribution in [2.45, 2.75) is 75.5 Å². The molecule has 2 N–H and O–H groups in total. The van der Waals surface area contributed by atoms with Crippen LogP contribution in [0, 0.1) is 10.8 Å². The van der Waals surface area contributed by atoms with E-state index in [9.17, 15) is 9.59 Å². The van der Waals surface area contributed by atoms with E-state index in [-0.39, 0.29) is 10.8 Å². The SMILES string of the molecule is CCc1ccccc1-c1cccc2c1C=C(C(C)(C)C)[CH]2[Zr]([Cl])([Cl])([B](NC=O)NC=O)[CH]1C(C(C)(C)C)=Cc2c(-c3ccccc3CC)cccc21. The fourth-order valence-electron chi connectivity index (χ4n) is 8.95. The Hall–Kier alpha value is -3.17. The van der Waals surface area contributed by atoms with Crippen LogP contribution in [-0.4, -0.2) is 17.3 Å². The van der Waals surface area contributed by atoms with Crippen LogP contribution in [0.25, 0.3) is 34.4 Å². The molecule has 2 atom stereocenters. The summed E-state index contributed by atoms with van der Waals surface area (Å²) in [7, 11) is 17.5. The van der Waals surface area contributed by atoms with E-state index in [0.29, 0.717) is 12.8 Å².